The summed E-state index contributed by atoms with van der Waals surface area (Å²) in [6.45, 7) is 5.42. The summed E-state index contributed by atoms with van der Waals surface area (Å²) < 4.78 is 19.2. The van der Waals surface area contributed by atoms with Gasteiger partial charge in [0, 0.05) is 18.5 Å². The fourth-order valence-electron chi connectivity index (χ4n) is 3.52. The van der Waals surface area contributed by atoms with Gasteiger partial charge in [-0.25, -0.2) is 18.9 Å². The van der Waals surface area contributed by atoms with Gasteiger partial charge in [0.1, 0.15) is 29.1 Å². The fraction of sp³-hybridized carbons (Fsp3) is 0.476. The van der Waals surface area contributed by atoms with Crippen LogP contribution in [0.25, 0.3) is 17.0 Å². The Hall–Kier alpha value is -2.74. The van der Waals surface area contributed by atoms with E-state index in [0.717, 1.165) is 59.0 Å². The summed E-state index contributed by atoms with van der Waals surface area (Å²) in [5.41, 5.74) is 11.5. The second kappa shape index (κ2) is 7.94. The number of aromatic nitrogens is 4. The molecule has 154 valence electrons. The standard InChI is InChI=1S/C17H19N5O.C4H8FN/c1-9-6-10(2)17(18)20-15(9)12-8-19-14-7-13(23-3)16(11-4-5-11)21-22(12)14;5-4-1-2-6-3-4/h6-8,11H,4-5H2,1-3H3,(H2,18,20);4,6H,1-3H2. The van der Waals surface area contributed by atoms with Crippen LogP contribution in [0, 0.1) is 13.8 Å². The van der Waals surface area contributed by atoms with Gasteiger partial charge < -0.3 is 15.8 Å². The number of nitrogens with two attached hydrogens (primary N) is 1. The predicted molar refractivity (Wildman–Crippen MR) is 111 cm³/mol. The van der Waals surface area contributed by atoms with Crippen molar-refractivity contribution in [1.29, 1.82) is 0 Å². The number of rotatable bonds is 3. The van der Waals surface area contributed by atoms with Crippen LogP contribution in [-0.4, -0.2) is 46.0 Å². The number of halogens is 1. The Morgan fingerprint density at radius 2 is 2.00 bits per heavy atom. The number of alkyl halides is 1. The van der Waals surface area contributed by atoms with Gasteiger partial charge in [-0.1, -0.05) is 6.07 Å². The van der Waals surface area contributed by atoms with Crippen molar-refractivity contribution in [3.8, 4) is 17.1 Å². The van der Waals surface area contributed by atoms with Gasteiger partial charge in [-0.2, -0.15) is 5.10 Å². The van der Waals surface area contributed by atoms with Gasteiger partial charge in [0.2, 0.25) is 0 Å². The van der Waals surface area contributed by atoms with E-state index >= 15 is 0 Å². The van der Waals surface area contributed by atoms with Gasteiger partial charge in [0.25, 0.3) is 0 Å². The number of fused-ring (bicyclic) bond motifs is 1. The molecule has 2 fully saturated rings. The number of ether oxygens (including phenoxy) is 1. The van der Waals surface area contributed by atoms with Crippen LogP contribution in [-0.2, 0) is 0 Å². The lowest BCUT2D eigenvalue weighted by Gasteiger charge is -2.10. The average molecular weight is 398 g/mol. The Kier molecular flexibility index (Phi) is 5.36. The minimum Gasteiger partial charge on any atom is -0.495 e. The summed E-state index contributed by atoms with van der Waals surface area (Å²) in [5, 5.41) is 7.68. The third kappa shape index (κ3) is 4.03. The highest BCUT2D eigenvalue weighted by molar-refractivity contribution is 5.66. The van der Waals surface area contributed by atoms with Crippen LogP contribution >= 0.6 is 0 Å². The molecule has 0 radical (unpaired) electrons. The molecule has 1 atom stereocenters. The number of hydrogen-bond acceptors (Lipinski definition) is 6. The summed E-state index contributed by atoms with van der Waals surface area (Å²) in [5.74, 6) is 1.84. The number of nitrogen functional groups attached to an aromatic ring is 1. The average Bonchev–Trinajstić information content (AvgIpc) is 3.30. The molecule has 7 nitrogen and oxygen atoms in total. The molecule has 1 unspecified atom stereocenters. The molecule has 1 saturated heterocycles. The van der Waals surface area contributed by atoms with E-state index in [9.17, 15) is 4.39 Å². The number of anilines is 1. The molecule has 1 saturated carbocycles. The molecule has 1 aliphatic carbocycles. The molecule has 3 aromatic rings. The maximum Gasteiger partial charge on any atom is 0.157 e. The van der Waals surface area contributed by atoms with Gasteiger partial charge in [0.05, 0.1) is 19.0 Å². The number of aryl methyl sites for hydroxylation is 2. The Bertz CT molecular complexity index is 1020. The van der Waals surface area contributed by atoms with Crippen molar-refractivity contribution in [3.63, 3.8) is 0 Å². The van der Waals surface area contributed by atoms with Crippen LogP contribution in [0.3, 0.4) is 0 Å². The summed E-state index contributed by atoms with van der Waals surface area (Å²) in [6.07, 6.45) is 4.26. The first-order valence-corrected chi connectivity index (χ1v) is 9.99. The van der Waals surface area contributed by atoms with Gasteiger partial charge in [-0.3, -0.25) is 0 Å². The number of imidazole rings is 1. The van der Waals surface area contributed by atoms with Gasteiger partial charge in [0.15, 0.2) is 5.65 Å². The normalized spacial score (nSPS) is 18.6. The molecule has 3 aromatic heterocycles. The number of nitrogens with one attached hydrogen (secondary N) is 1. The number of nitrogens with zero attached hydrogens (tertiary/aromatic N) is 4. The smallest absolute Gasteiger partial charge is 0.157 e. The van der Waals surface area contributed by atoms with Gasteiger partial charge in [-0.15, -0.1) is 0 Å². The largest absolute Gasteiger partial charge is 0.495 e. The first-order valence-electron chi connectivity index (χ1n) is 9.99. The molecule has 0 aromatic carbocycles. The zero-order valence-electron chi connectivity index (χ0n) is 17.1. The predicted octanol–water partition coefficient (Wildman–Crippen LogP) is 3.19. The van der Waals surface area contributed by atoms with Crippen molar-refractivity contribution >= 4 is 11.5 Å². The number of pyridine rings is 1. The molecule has 29 heavy (non-hydrogen) atoms. The van der Waals surface area contributed by atoms with E-state index in [1.54, 1.807) is 13.3 Å². The zero-order valence-corrected chi connectivity index (χ0v) is 17.1. The topological polar surface area (TPSA) is 90.4 Å². The lowest BCUT2D eigenvalue weighted by Crippen LogP contribution is -2.08. The minimum absolute atomic E-state index is 0.488. The monoisotopic (exact) mass is 398 g/mol. The first kappa shape index (κ1) is 19.6. The van der Waals surface area contributed by atoms with Crippen LogP contribution in [0.1, 0.15) is 42.0 Å². The Morgan fingerprint density at radius 3 is 2.59 bits per heavy atom. The van der Waals surface area contributed by atoms with Crippen LogP contribution < -0.4 is 15.8 Å². The van der Waals surface area contributed by atoms with Gasteiger partial charge in [-0.05, 0) is 50.8 Å². The lowest BCUT2D eigenvalue weighted by molar-refractivity contribution is 0.361. The van der Waals surface area contributed by atoms with Crippen molar-refractivity contribution in [2.75, 3.05) is 25.9 Å². The summed E-state index contributed by atoms with van der Waals surface area (Å²) in [4.78, 5) is 9.00. The molecule has 1 aliphatic heterocycles. The maximum absolute atomic E-state index is 11.9. The van der Waals surface area contributed by atoms with Crippen LogP contribution in [0.5, 0.6) is 5.75 Å². The molecule has 2 aliphatic rings. The second-order valence-corrected chi connectivity index (χ2v) is 7.73. The van der Waals surface area contributed by atoms with E-state index in [1.807, 2.05) is 30.5 Å². The highest BCUT2D eigenvalue weighted by Gasteiger charge is 2.30. The van der Waals surface area contributed by atoms with E-state index in [4.69, 9.17) is 15.6 Å². The molecule has 8 heteroatoms. The van der Waals surface area contributed by atoms with E-state index in [2.05, 4.69) is 15.3 Å². The molecular formula is C21H27FN6O. The highest BCUT2D eigenvalue weighted by atomic mass is 19.1. The first-order chi connectivity index (χ1) is 14.0. The third-order valence-corrected chi connectivity index (χ3v) is 5.35. The fourth-order valence-corrected chi connectivity index (χ4v) is 3.52. The zero-order chi connectivity index (χ0) is 20.5. The number of methoxy groups -OCH3 is 1. The van der Waals surface area contributed by atoms with Crippen molar-refractivity contribution in [2.24, 2.45) is 0 Å². The molecule has 5 rings (SSSR count). The summed E-state index contributed by atoms with van der Waals surface area (Å²) in [7, 11) is 1.68. The van der Waals surface area contributed by atoms with Crippen molar-refractivity contribution < 1.29 is 9.13 Å². The quantitative estimate of drug-likeness (QED) is 0.704. The Morgan fingerprint density at radius 1 is 1.21 bits per heavy atom. The third-order valence-electron chi connectivity index (χ3n) is 5.35. The van der Waals surface area contributed by atoms with Crippen LogP contribution in [0.2, 0.25) is 0 Å². The Labute approximate surface area is 169 Å². The van der Waals surface area contributed by atoms with Crippen molar-refractivity contribution in [2.45, 2.75) is 45.2 Å². The summed E-state index contributed by atoms with van der Waals surface area (Å²) in [6, 6.07) is 3.99. The van der Waals surface area contributed by atoms with Crippen molar-refractivity contribution in [1.82, 2.24) is 24.9 Å². The SMILES string of the molecule is COc1cc2ncc(-c3nc(N)c(C)cc3C)n2nc1C1CC1.FC1CCNC1. The molecule has 4 heterocycles. The van der Waals surface area contributed by atoms with Crippen molar-refractivity contribution in [3.05, 3.63) is 35.2 Å². The van der Waals surface area contributed by atoms with Crippen LogP contribution in [0.15, 0.2) is 18.3 Å². The molecule has 0 amide bonds. The van der Waals surface area contributed by atoms with E-state index < -0.39 is 6.17 Å². The van der Waals surface area contributed by atoms with E-state index in [-0.39, 0.29) is 0 Å². The maximum atomic E-state index is 11.9. The molecule has 0 bridgehead atoms. The van der Waals surface area contributed by atoms with Crippen LogP contribution in [0.4, 0.5) is 10.2 Å². The Balaban J connectivity index is 0.000000294. The number of hydrogen-bond donors (Lipinski definition) is 2. The lowest BCUT2D eigenvalue weighted by atomic mass is 10.1. The van der Waals surface area contributed by atoms with E-state index in [1.165, 1.54) is 0 Å². The molecular weight excluding hydrogens is 371 g/mol. The second-order valence-electron chi connectivity index (χ2n) is 7.73. The van der Waals surface area contributed by atoms with Gasteiger partial charge >= 0.3 is 0 Å². The highest BCUT2D eigenvalue weighted by Crippen LogP contribution is 2.43. The van der Waals surface area contributed by atoms with E-state index in [0.29, 0.717) is 24.7 Å². The summed E-state index contributed by atoms with van der Waals surface area (Å²) >= 11 is 0. The molecule has 3 N–H and O–H groups in total. The molecule has 0 spiro atoms. The minimum atomic E-state index is -0.565.